The van der Waals surface area contributed by atoms with Gasteiger partial charge in [-0.3, -0.25) is 4.79 Å². The highest BCUT2D eigenvalue weighted by atomic mass is 16.1. The van der Waals surface area contributed by atoms with Crippen molar-refractivity contribution < 1.29 is 4.79 Å². The highest BCUT2D eigenvalue weighted by molar-refractivity contribution is 6.09. The monoisotopic (exact) mass is 291 g/mol. The molecule has 0 radical (unpaired) electrons. The molecule has 0 fully saturated rings. The average Bonchev–Trinajstić information content (AvgIpc) is 3.03. The van der Waals surface area contributed by atoms with Crippen molar-refractivity contribution in [2.24, 2.45) is 5.73 Å². The van der Waals surface area contributed by atoms with Gasteiger partial charge in [-0.15, -0.1) is 0 Å². The largest absolute Gasteiger partial charge is 0.366 e. The molecule has 0 bridgehead atoms. The van der Waals surface area contributed by atoms with E-state index in [4.69, 9.17) is 5.73 Å². The first-order valence-corrected chi connectivity index (χ1v) is 7.47. The number of carbonyl (C=O) groups is 1. The number of H-pyrrole nitrogens is 1. The minimum atomic E-state index is -0.404. The average molecular weight is 291 g/mol. The number of hydrogen-bond donors (Lipinski definition) is 3. The Kier molecular flexibility index (Phi) is 2.98. The third kappa shape index (κ3) is 1.92. The number of amides is 1. The molecule has 1 amide bonds. The third-order valence-electron chi connectivity index (χ3n) is 4.42. The number of primary amides is 1. The highest BCUT2D eigenvalue weighted by Gasteiger charge is 2.17. The van der Waals surface area contributed by atoms with E-state index >= 15 is 0 Å². The van der Waals surface area contributed by atoms with Crippen molar-refractivity contribution in [2.75, 3.05) is 6.54 Å². The van der Waals surface area contributed by atoms with E-state index in [9.17, 15) is 4.79 Å². The molecule has 3 aromatic rings. The maximum atomic E-state index is 11.6. The van der Waals surface area contributed by atoms with Gasteiger partial charge in [0.1, 0.15) is 0 Å². The van der Waals surface area contributed by atoms with Crippen LogP contribution in [0, 0.1) is 0 Å². The van der Waals surface area contributed by atoms with Crippen LogP contribution in [-0.4, -0.2) is 17.4 Å². The molecule has 4 nitrogen and oxygen atoms in total. The Morgan fingerprint density at radius 2 is 2.00 bits per heavy atom. The fraction of sp³-hybridized carbons (Fsp3) is 0.167. The normalized spacial score (nSPS) is 14.0. The maximum Gasteiger partial charge on any atom is 0.250 e. The second-order valence-corrected chi connectivity index (χ2v) is 5.66. The van der Waals surface area contributed by atoms with Crippen molar-refractivity contribution in [1.82, 2.24) is 10.3 Å². The van der Waals surface area contributed by atoms with E-state index in [1.165, 1.54) is 16.7 Å². The molecule has 2 aromatic carbocycles. The summed E-state index contributed by atoms with van der Waals surface area (Å²) in [6.45, 7) is 1.92. The van der Waals surface area contributed by atoms with Crippen LogP contribution in [0.4, 0.5) is 0 Å². The van der Waals surface area contributed by atoms with Crippen LogP contribution in [0.3, 0.4) is 0 Å². The summed E-state index contributed by atoms with van der Waals surface area (Å²) >= 11 is 0. The van der Waals surface area contributed by atoms with E-state index in [0.29, 0.717) is 5.56 Å². The Hall–Kier alpha value is -2.59. The molecule has 4 heteroatoms. The zero-order chi connectivity index (χ0) is 15.1. The van der Waals surface area contributed by atoms with E-state index in [-0.39, 0.29) is 0 Å². The molecule has 2 heterocycles. The minimum absolute atomic E-state index is 0.404. The minimum Gasteiger partial charge on any atom is -0.366 e. The number of hydrogen-bond acceptors (Lipinski definition) is 2. The Balaban J connectivity index is 1.98. The molecule has 1 aromatic heterocycles. The SMILES string of the molecule is NC(=O)c1ccc(-c2cccc3c2CCNC3)c2cc[nH]c12. The molecule has 22 heavy (non-hydrogen) atoms. The van der Waals surface area contributed by atoms with Gasteiger partial charge in [0.2, 0.25) is 0 Å². The molecule has 0 saturated heterocycles. The second kappa shape index (κ2) is 5.00. The lowest BCUT2D eigenvalue weighted by atomic mass is 9.89. The lowest BCUT2D eigenvalue weighted by molar-refractivity contribution is 0.100. The zero-order valence-corrected chi connectivity index (χ0v) is 12.1. The molecule has 4 N–H and O–H groups in total. The van der Waals surface area contributed by atoms with Gasteiger partial charge in [0.05, 0.1) is 11.1 Å². The highest BCUT2D eigenvalue weighted by Crippen LogP contribution is 2.34. The van der Waals surface area contributed by atoms with E-state index < -0.39 is 5.91 Å². The lowest BCUT2D eigenvalue weighted by Crippen LogP contribution is -2.24. The summed E-state index contributed by atoms with van der Waals surface area (Å²) in [5, 5.41) is 4.45. The Labute approximate surface area is 128 Å². The van der Waals surface area contributed by atoms with Crippen LogP contribution >= 0.6 is 0 Å². The Morgan fingerprint density at radius 1 is 1.09 bits per heavy atom. The number of rotatable bonds is 2. The molecule has 0 atom stereocenters. The number of aromatic nitrogens is 1. The van der Waals surface area contributed by atoms with Crippen molar-refractivity contribution >= 4 is 16.8 Å². The molecule has 1 aliphatic heterocycles. The lowest BCUT2D eigenvalue weighted by Gasteiger charge is -2.21. The van der Waals surface area contributed by atoms with Crippen LogP contribution in [0.2, 0.25) is 0 Å². The van der Waals surface area contributed by atoms with Crippen molar-refractivity contribution in [3.05, 3.63) is 59.3 Å². The van der Waals surface area contributed by atoms with Gasteiger partial charge in [-0.2, -0.15) is 0 Å². The van der Waals surface area contributed by atoms with E-state index in [1.807, 2.05) is 24.4 Å². The van der Waals surface area contributed by atoms with Crippen molar-refractivity contribution in [3.8, 4) is 11.1 Å². The first-order chi connectivity index (χ1) is 10.8. The van der Waals surface area contributed by atoms with Gasteiger partial charge >= 0.3 is 0 Å². The first kappa shape index (κ1) is 13.1. The van der Waals surface area contributed by atoms with Gasteiger partial charge in [0.25, 0.3) is 5.91 Å². The maximum absolute atomic E-state index is 11.6. The third-order valence-corrected chi connectivity index (χ3v) is 4.42. The topological polar surface area (TPSA) is 70.9 Å². The van der Waals surface area contributed by atoms with Crippen LogP contribution in [0.15, 0.2) is 42.6 Å². The van der Waals surface area contributed by atoms with Gasteiger partial charge in [0, 0.05) is 18.1 Å². The molecular weight excluding hydrogens is 274 g/mol. The fourth-order valence-corrected chi connectivity index (χ4v) is 3.38. The first-order valence-electron chi connectivity index (χ1n) is 7.47. The summed E-state index contributed by atoms with van der Waals surface area (Å²) in [5.74, 6) is -0.404. The summed E-state index contributed by atoms with van der Waals surface area (Å²) < 4.78 is 0. The summed E-state index contributed by atoms with van der Waals surface area (Å²) in [6, 6.07) is 12.3. The predicted octanol–water partition coefficient (Wildman–Crippen LogP) is 2.58. The van der Waals surface area contributed by atoms with Crippen LogP contribution in [0.25, 0.3) is 22.0 Å². The molecule has 0 spiro atoms. The molecule has 1 aliphatic rings. The fourth-order valence-electron chi connectivity index (χ4n) is 3.38. The summed E-state index contributed by atoms with van der Waals surface area (Å²) in [7, 11) is 0. The molecule has 4 rings (SSSR count). The van der Waals surface area contributed by atoms with Crippen LogP contribution in [0.5, 0.6) is 0 Å². The molecule has 0 saturated carbocycles. The number of nitrogens with one attached hydrogen (secondary N) is 2. The smallest absolute Gasteiger partial charge is 0.250 e. The quantitative estimate of drug-likeness (QED) is 0.679. The van der Waals surface area contributed by atoms with Gasteiger partial charge < -0.3 is 16.0 Å². The molecule has 110 valence electrons. The zero-order valence-electron chi connectivity index (χ0n) is 12.1. The van der Waals surface area contributed by atoms with Crippen molar-refractivity contribution in [2.45, 2.75) is 13.0 Å². The van der Waals surface area contributed by atoms with Gasteiger partial charge in [-0.1, -0.05) is 24.3 Å². The number of fused-ring (bicyclic) bond motifs is 2. The number of aromatic amines is 1. The summed E-state index contributed by atoms with van der Waals surface area (Å²) in [4.78, 5) is 14.7. The number of nitrogens with two attached hydrogens (primary N) is 1. The number of benzene rings is 2. The van der Waals surface area contributed by atoms with Crippen LogP contribution < -0.4 is 11.1 Å². The summed E-state index contributed by atoms with van der Waals surface area (Å²) in [5.41, 5.74) is 12.0. The van der Waals surface area contributed by atoms with E-state index in [1.54, 1.807) is 0 Å². The van der Waals surface area contributed by atoms with Gasteiger partial charge in [0.15, 0.2) is 0 Å². The molecule has 0 unspecified atom stereocenters. The van der Waals surface area contributed by atoms with Crippen LogP contribution in [0.1, 0.15) is 21.5 Å². The standard InChI is InChI=1S/C18H17N3O/c19-18(22)16-5-4-14(15-7-9-21-17(15)16)13-3-1-2-11-10-20-8-6-12(11)13/h1-5,7,9,20-21H,6,8,10H2,(H2,19,22). The van der Waals surface area contributed by atoms with Gasteiger partial charge in [-0.25, -0.2) is 0 Å². The van der Waals surface area contributed by atoms with E-state index in [0.717, 1.165) is 36.0 Å². The molecular formula is C18H17N3O. The number of carbonyl (C=O) groups excluding carboxylic acids is 1. The van der Waals surface area contributed by atoms with Crippen molar-refractivity contribution in [1.29, 1.82) is 0 Å². The second-order valence-electron chi connectivity index (χ2n) is 5.66. The Bertz CT molecular complexity index is 879. The van der Waals surface area contributed by atoms with E-state index in [2.05, 4.69) is 28.5 Å². The molecule has 0 aliphatic carbocycles. The Morgan fingerprint density at radius 3 is 2.86 bits per heavy atom. The van der Waals surface area contributed by atoms with Gasteiger partial charge in [-0.05, 0) is 47.4 Å². The summed E-state index contributed by atoms with van der Waals surface area (Å²) in [6.07, 6.45) is 2.88. The van der Waals surface area contributed by atoms with Crippen molar-refractivity contribution in [3.63, 3.8) is 0 Å². The predicted molar refractivity (Wildman–Crippen MR) is 87.7 cm³/mol. The van der Waals surface area contributed by atoms with Crippen LogP contribution in [-0.2, 0) is 13.0 Å².